The molecular formula is C15H10INO2SSe. The molecule has 0 amide bonds. The third-order valence-electron chi connectivity index (χ3n) is 2.93. The Labute approximate surface area is 142 Å². The molecule has 3 nitrogen and oxygen atoms in total. The summed E-state index contributed by atoms with van der Waals surface area (Å²) in [7, 11) is -3.50. The molecule has 106 valence electrons. The summed E-state index contributed by atoms with van der Waals surface area (Å²) in [6, 6.07) is 14.2. The average Bonchev–Trinajstić information content (AvgIpc) is 3.02. The second-order valence-electron chi connectivity index (χ2n) is 4.30. The molecule has 0 saturated carbocycles. The summed E-state index contributed by atoms with van der Waals surface area (Å²) in [5.74, 6) is 0. The van der Waals surface area contributed by atoms with Gasteiger partial charge in [0.1, 0.15) is 0 Å². The standard InChI is InChI=1S/C15H10INO2SSe/c16-13-9-12(10-17-15(13)14-7-4-8-21-14)20(18,19)11-5-2-1-3-6-11/h1-10H. The second kappa shape index (κ2) is 6.04. The van der Waals surface area contributed by atoms with Crippen molar-refractivity contribution in [3.63, 3.8) is 0 Å². The summed E-state index contributed by atoms with van der Waals surface area (Å²) in [4.78, 5) is 7.02. The SMILES string of the molecule is O=S(=O)(c1ccccc1)c1cnc(-c2ccc[se]2)c(I)c1. The fourth-order valence-electron chi connectivity index (χ4n) is 1.90. The van der Waals surface area contributed by atoms with Crippen molar-refractivity contribution in [3.05, 3.63) is 63.2 Å². The number of rotatable bonds is 3. The first-order valence-electron chi connectivity index (χ1n) is 6.08. The van der Waals surface area contributed by atoms with Crippen molar-refractivity contribution in [2.45, 2.75) is 9.79 Å². The molecule has 0 aliphatic heterocycles. The van der Waals surface area contributed by atoms with Gasteiger partial charge in [0.15, 0.2) is 0 Å². The number of nitrogens with zero attached hydrogens (tertiary/aromatic N) is 1. The molecule has 2 heterocycles. The molecule has 2 aromatic heterocycles. The van der Waals surface area contributed by atoms with Crippen molar-refractivity contribution >= 4 is 46.9 Å². The Morgan fingerprint density at radius 3 is 2.38 bits per heavy atom. The van der Waals surface area contributed by atoms with Gasteiger partial charge in [-0.05, 0) is 0 Å². The van der Waals surface area contributed by atoms with Crippen LogP contribution < -0.4 is 0 Å². The van der Waals surface area contributed by atoms with E-state index in [2.05, 4.69) is 32.5 Å². The number of pyridine rings is 1. The van der Waals surface area contributed by atoms with Crippen LogP contribution in [-0.2, 0) is 9.84 Å². The Kier molecular flexibility index (Phi) is 4.31. The van der Waals surface area contributed by atoms with E-state index in [1.165, 1.54) is 10.6 Å². The molecule has 0 radical (unpaired) electrons. The van der Waals surface area contributed by atoms with Gasteiger partial charge in [-0.3, -0.25) is 0 Å². The summed E-state index contributed by atoms with van der Waals surface area (Å²) in [5.41, 5.74) is 0.882. The van der Waals surface area contributed by atoms with Gasteiger partial charge < -0.3 is 0 Å². The van der Waals surface area contributed by atoms with Gasteiger partial charge in [-0.25, -0.2) is 0 Å². The molecule has 0 bridgehead atoms. The molecule has 6 heteroatoms. The number of halogens is 1. The molecule has 0 aliphatic carbocycles. The van der Waals surface area contributed by atoms with Crippen molar-refractivity contribution in [2.24, 2.45) is 0 Å². The molecule has 3 rings (SSSR count). The molecule has 0 fully saturated rings. The molecule has 0 atom stereocenters. The third kappa shape index (κ3) is 2.99. The maximum atomic E-state index is 12.6. The van der Waals surface area contributed by atoms with Gasteiger partial charge in [-0.1, -0.05) is 0 Å². The number of benzene rings is 1. The van der Waals surface area contributed by atoms with Crippen LogP contribution in [0.2, 0.25) is 0 Å². The molecule has 21 heavy (non-hydrogen) atoms. The van der Waals surface area contributed by atoms with Crippen LogP contribution in [0.4, 0.5) is 0 Å². The van der Waals surface area contributed by atoms with Gasteiger partial charge in [0.2, 0.25) is 0 Å². The predicted molar refractivity (Wildman–Crippen MR) is 91.2 cm³/mol. The molecule has 3 aromatic rings. The first-order chi connectivity index (χ1) is 10.1. The third-order valence-corrected chi connectivity index (χ3v) is 7.33. The Morgan fingerprint density at radius 2 is 1.76 bits per heavy atom. The van der Waals surface area contributed by atoms with E-state index in [0.717, 1.165) is 9.26 Å². The number of hydrogen-bond donors (Lipinski definition) is 0. The van der Waals surface area contributed by atoms with E-state index in [4.69, 9.17) is 0 Å². The van der Waals surface area contributed by atoms with Gasteiger partial charge in [0, 0.05) is 0 Å². The predicted octanol–water partition coefficient (Wildman–Crippen LogP) is 3.24. The average molecular weight is 474 g/mol. The van der Waals surface area contributed by atoms with Crippen LogP contribution in [0.25, 0.3) is 10.1 Å². The van der Waals surface area contributed by atoms with E-state index in [-0.39, 0.29) is 19.4 Å². The zero-order valence-electron chi connectivity index (χ0n) is 10.7. The first kappa shape index (κ1) is 15.0. The van der Waals surface area contributed by atoms with Crippen molar-refractivity contribution in [3.8, 4) is 10.1 Å². The quantitative estimate of drug-likeness (QED) is 0.433. The summed E-state index contributed by atoms with van der Waals surface area (Å²) >= 11 is 2.43. The first-order valence-corrected chi connectivity index (χ1v) is 10.5. The molecule has 0 saturated heterocycles. The molecule has 0 aliphatic rings. The van der Waals surface area contributed by atoms with Gasteiger partial charge in [-0.2, -0.15) is 0 Å². The fourth-order valence-corrected chi connectivity index (χ4v) is 6.08. The van der Waals surface area contributed by atoms with Gasteiger partial charge >= 0.3 is 143 Å². The van der Waals surface area contributed by atoms with Crippen LogP contribution in [0.1, 0.15) is 0 Å². The van der Waals surface area contributed by atoms with Crippen LogP contribution in [0.5, 0.6) is 0 Å². The van der Waals surface area contributed by atoms with E-state index in [1.54, 1.807) is 36.4 Å². The van der Waals surface area contributed by atoms with Crippen LogP contribution in [0.3, 0.4) is 0 Å². The molecule has 1 aromatic carbocycles. The topological polar surface area (TPSA) is 47.0 Å². The Balaban J connectivity index is 2.07. The van der Waals surface area contributed by atoms with Crippen molar-refractivity contribution in [1.82, 2.24) is 4.98 Å². The zero-order valence-corrected chi connectivity index (χ0v) is 15.4. The Hall–Kier alpha value is -0.951. The minimum atomic E-state index is -3.50. The normalized spacial score (nSPS) is 11.5. The monoisotopic (exact) mass is 475 g/mol. The summed E-state index contributed by atoms with van der Waals surface area (Å²) in [5, 5.41) is 0. The van der Waals surface area contributed by atoms with E-state index in [0.29, 0.717) is 4.90 Å². The van der Waals surface area contributed by atoms with Crippen LogP contribution >= 0.6 is 22.6 Å². The summed E-state index contributed by atoms with van der Waals surface area (Å²) in [6.07, 6.45) is 1.45. The van der Waals surface area contributed by atoms with Gasteiger partial charge in [-0.15, -0.1) is 0 Å². The molecule has 0 unspecified atom stereocenters. The van der Waals surface area contributed by atoms with E-state index >= 15 is 0 Å². The van der Waals surface area contributed by atoms with Gasteiger partial charge in [0.05, 0.1) is 0 Å². The van der Waals surface area contributed by atoms with Crippen LogP contribution in [0.15, 0.2) is 69.5 Å². The second-order valence-corrected chi connectivity index (χ2v) is 9.40. The van der Waals surface area contributed by atoms with Crippen molar-refractivity contribution in [1.29, 1.82) is 0 Å². The number of aromatic nitrogens is 1. The molecular weight excluding hydrogens is 464 g/mol. The number of sulfone groups is 1. The minimum absolute atomic E-state index is 0.237. The van der Waals surface area contributed by atoms with E-state index in [1.807, 2.05) is 12.1 Å². The van der Waals surface area contributed by atoms with Crippen LogP contribution in [0, 0.1) is 3.57 Å². The van der Waals surface area contributed by atoms with Gasteiger partial charge in [0.25, 0.3) is 0 Å². The van der Waals surface area contributed by atoms with Crippen molar-refractivity contribution < 1.29 is 8.42 Å². The fraction of sp³-hybridized carbons (Fsp3) is 0. The van der Waals surface area contributed by atoms with Crippen molar-refractivity contribution in [2.75, 3.05) is 0 Å². The molecule has 0 spiro atoms. The van der Waals surface area contributed by atoms with Crippen LogP contribution in [-0.4, -0.2) is 27.9 Å². The Morgan fingerprint density at radius 1 is 1.00 bits per heavy atom. The Bertz CT molecular complexity index is 862. The van der Waals surface area contributed by atoms with E-state index < -0.39 is 9.84 Å². The molecule has 0 N–H and O–H groups in total. The zero-order chi connectivity index (χ0) is 14.9. The maximum absolute atomic E-state index is 12.6. The summed E-state index contributed by atoms with van der Waals surface area (Å²) < 4.78 is 27.1. The van der Waals surface area contributed by atoms with E-state index in [9.17, 15) is 8.42 Å². The number of hydrogen-bond acceptors (Lipinski definition) is 3. The summed E-state index contributed by atoms with van der Waals surface area (Å²) in [6.45, 7) is 0.